The average Bonchev–Trinajstić information content (AvgIpc) is 1.51. The predicted molar refractivity (Wildman–Crippen MR) is 514 cm³/mol. The SMILES string of the molecule is C.C[C@H]1CC[C@@]2(O)[C@H]3Cc4ccc(O)c5c4[C@@]2(CC[N+]3(C)CC2CC2)[C@H]1O5.C[N+]1(CC2CC2)CC[C@]23c4c5ccc(O)c4O[C@H]2C(=O)CC[C@@]3(O)[C@H]1C5.C[N+]1(CC2CC2)CC[C@]23c4c5ccc(O)c4O[C@H]2[C@@H](O)CC[C@@]3(O)[C@H]1C5.C[N+]1(CC2CC2)CC[C@]23c4c5ccc(O)c4O[C@H]2[C@H](O)CC[C@@]3(O)[C@H]1C5.C[N+]1(CC2CC2)CC[C@]23c4c5ccc(O)c4O[C@H]2[C@H](O)CC[C@@]3(O)[C@H]1C5.O=S(=O)=O.O=S(=O)=O.O=S(=O)=O.[Br-].[Br-].[Br-].[Br-].[Br-]. The molecule has 10 heterocycles. The lowest BCUT2D eigenvalue weighted by Crippen LogP contribution is -3.00. The van der Waals surface area contributed by atoms with Crippen molar-refractivity contribution in [3.05, 3.63) is 116 Å². The normalized spacial score (nSPS) is 42.2. The first-order valence-corrected chi connectivity index (χ1v) is 55.4. The zero-order valence-electron chi connectivity index (χ0n) is 83.8. The molecular weight excluding hydrogens is 2300 g/mol. The van der Waals surface area contributed by atoms with Gasteiger partial charge in [0.25, 0.3) is 0 Å². The van der Waals surface area contributed by atoms with Crippen LogP contribution in [0.1, 0.15) is 231 Å². The lowest BCUT2D eigenvalue weighted by atomic mass is 9.47. The van der Waals surface area contributed by atoms with Gasteiger partial charge < -0.3 is 197 Å². The second-order valence-electron chi connectivity index (χ2n) is 49.8. The molecule has 10 saturated carbocycles. The first kappa shape index (κ1) is 114. The molecule has 15 fully saturated rings. The standard InChI is InChI=1S/C22H29NO3.3C21H27NO4.C21H25NO4.CH4.5BrH.3O3S/c1-13-7-8-22(25)17-11-15-5-6-16(24)19-18(15)21(22,20(13)26-19)9-10-23(17,2)12-14-3-4-14;4*1-22(11-12-2-3-12)9-8-20-17-13-4-5-14(23)18(17)26-19(20)15(24)6-7-21(20,25)16(22)10-13;;;;;;;3*1-4(2)3/h5-6,13-14,17,20,25H,3-4,7-12H2,1-2H3;3*4-5,12,15-16,19,24-25H,2-3,6-11H2,1H3;4-5,12,16,19,25H,2-3,6-11H2,1H3;1H4;5*1H;;;/t13-,17+,20-,21-,22+,23?;15-,16+,19-,20-,21+,22?;2*15-,16-,19+,20+,21-,22?;16-,19+,20+,21-,22?;;;;;;;;;/m00111........./s1. The molecule has 30 rings (SSSR count). The number of benzene rings is 5. The van der Waals surface area contributed by atoms with E-state index in [4.69, 9.17) is 61.6 Å². The molecule has 148 heavy (non-hydrogen) atoms. The van der Waals surface area contributed by atoms with Crippen molar-refractivity contribution in [1.82, 2.24) is 0 Å². The maximum absolute atomic E-state index is 12.8. The van der Waals surface area contributed by atoms with Gasteiger partial charge in [-0.25, -0.2) is 0 Å². The number of aliphatic hydroxyl groups excluding tert-OH is 3. The predicted octanol–water partition coefficient (Wildman–Crippen LogP) is -8.56. The smallest absolute Gasteiger partial charge is 0.425 e. The largest absolute Gasteiger partial charge is 1.00 e. The second-order valence-corrected chi connectivity index (χ2v) is 51.0. The van der Waals surface area contributed by atoms with Crippen LogP contribution in [-0.2, 0) is 95.8 Å². The summed E-state index contributed by atoms with van der Waals surface area (Å²) in [5.41, 5.74) is 4.19. The van der Waals surface area contributed by atoms with Crippen LogP contribution in [0.5, 0.6) is 57.5 Å². The van der Waals surface area contributed by atoms with Crippen molar-refractivity contribution in [3.63, 3.8) is 0 Å². The molecule has 5 spiro atoms. The highest BCUT2D eigenvalue weighted by molar-refractivity contribution is 7.59. The lowest BCUT2D eigenvalue weighted by molar-refractivity contribution is -0.950. The number of hydrogen-bond donors (Lipinski definition) is 13. The number of halogens is 5. The van der Waals surface area contributed by atoms with Crippen LogP contribution in [0.25, 0.3) is 0 Å². The maximum atomic E-state index is 12.8. The minimum absolute atomic E-state index is 0. The molecule has 5 unspecified atom stereocenters. The van der Waals surface area contributed by atoms with Crippen LogP contribution in [0.3, 0.4) is 0 Å². The number of Topliss-reactive ketones (excluding diaryl/α,β-unsaturated/α-hetero) is 1. The van der Waals surface area contributed by atoms with Crippen LogP contribution < -0.4 is 109 Å². The number of ether oxygens (including phenoxy) is 5. The third-order valence-corrected chi connectivity index (χ3v) is 42.4. The molecular formula is C107H144Br5N5O28S3. The van der Waals surface area contributed by atoms with E-state index in [9.17, 15) is 71.2 Å². The van der Waals surface area contributed by atoms with E-state index in [0.29, 0.717) is 86.0 Å². The Hall–Kier alpha value is -5.49. The summed E-state index contributed by atoms with van der Waals surface area (Å²) < 4.78 is 112. The van der Waals surface area contributed by atoms with E-state index in [-0.39, 0.29) is 169 Å². The van der Waals surface area contributed by atoms with Gasteiger partial charge in [-0.15, -0.1) is 37.9 Å². The topological polar surface area (TPSA) is 480 Å². The molecule has 0 aromatic heterocycles. The number of aromatic hydroxyl groups is 5. The van der Waals surface area contributed by atoms with Crippen molar-refractivity contribution in [1.29, 1.82) is 0 Å². The van der Waals surface area contributed by atoms with Crippen LogP contribution in [0.4, 0.5) is 0 Å². The summed E-state index contributed by atoms with van der Waals surface area (Å²) in [5.74, 6) is 8.00. The Bertz CT molecular complexity index is 5860. The molecule has 5 saturated heterocycles. The third-order valence-electron chi connectivity index (χ3n) is 42.4. The summed E-state index contributed by atoms with van der Waals surface area (Å²) in [6.45, 7) is 13.1. The zero-order chi connectivity index (χ0) is 100. The molecule has 0 amide bonds. The van der Waals surface area contributed by atoms with Crippen molar-refractivity contribution in [2.75, 3.05) is 101 Å². The number of quaternary nitrogens is 5. The number of hydrogen-bond acceptors (Lipinski definition) is 28. The first-order valence-electron chi connectivity index (χ1n) is 52.4. The fraction of sp³-hybridized carbons (Fsp3) is 0.710. The molecule has 33 nitrogen and oxygen atoms in total. The number of phenols is 5. The van der Waals surface area contributed by atoms with Crippen molar-refractivity contribution < 1.29 is 240 Å². The quantitative estimate of drug-likeness (QED) is 0.0578. The molecule has 25 aliphatic rings. The van der Waals surface area contributed by atoms with Crippen molar-refractivity contribution in [2.45, 2.75) is 341 Å². The molecule has 29 atom stereocenters. The molecule has 0 radical (unpaired) electrons. The monoisotopic (exact) mass is 2440 g/mol. The summed E-state index contributed by atoms with van der Waals surface area (Å²) in [6, 6.07) is 19.6. The average molecular weight is 2440 g/mol. The molecule has 10 aliphatic heterocycles. The molecule has 15 aliphatic carbocycles. The van der Waals surface area contributed by atoms with E-state index in [1.807, 2.05) is 24.3 Å². The Balaban J connectivity index is 0.000000121. The number of likely N-dealkylation sites (N-methyl/N-ethyl adjacent to an activating group) is 5. The van der Waals surface area contributed by atoms with E-state index >= 15 is 0 Å². The number of likely N-dealkylation sites (tertiary alicyclic amines) is 5. The minimum Gasteiger partial charge on any atom is -1.00 e. The number of ketones is 1. The number of phenolic OH excluding ortho intramolecular Hbond substituents is 5. The molecule has 13 N–H and O–H groups in total. The lowest BCUT2D eigenvalue weighted by Gasteiger charge is -2.65. The summed E-state index contributed by atoms with van der Waals surface area (Å²) in [6.07, 6.45) is 24.2. The molecule has 5 aromatic carbocycles. The second kappa shape index (κ2) is 38.8. The van der Waals surface area contributed by atoms with Crippen LogP contribution in [0, 0.1) is 35.5 Å². The van der Waals surface area contributed by atoms with E-state index < -0.39 is 124 Å². The molecule has 41 heteroatoms. The van der Waals surface area contributed by atoms with Crippen LogP contribution in [-0.4, -0.2) is 340 Å². The van der Waals surface area contributed by atoms with Gasteiger partial charge in [0.1, 0.15) is 82.6 Å². The molecule has 818 valence electrons. The van der Waals surface area contributed by atoms with E-state index in [2.05, 4.69) is 48.2 Å². The van der Waals surface area contributed by atoms with Gasteiger partial charge in [-0.2, -0.15) is 0 Å². The molecule has 5 aromatic rings. The summed E-state index contributed by atoms with van der Waals surface area (Å²) in [5, 5.41) is 145. The fourth-order valence-electron chi connectivity index (χ4n) is 35.7. The van der Waals surface area contributed by atoms with Gasteiger partial charge in [-0.3, -0.25) is 4.79 Å². The van der Waals surface area contributed by atoms with E-state index in [1.165, 1.54) is 93.0 Å². The summed E-state index contributed by atoms with van der Waals surface area (Å²) >= 11 is 0. The number of piperidine rings is 5. The highest BCUT2D eigenvalue weighted by Crippen LogP contribution is 2.74. The number of carbonyl (C=O) groups excluding carboxylic acids is 1. The van der Waals surface area contributed by atoms with Gasteiger partial charge in [0.2, 0.25) is 0 Å². The van der Waals surface area contributed by atoms with E-state index in [0.717, 1.165) is 221 Å². The van der Waals surface area contributed by atoms with Gasteiger partial charge in [0, 0.05) is 128 Å². The van der Waals surface area contributed by atoms with Gasteiger partial charge in [0.05, 0.1) is 146 Å². The van der Waals surface area contributed by atoms with Crippen molar-refractivity contribution in [2.24, 2.45) is 35.5 Å². The number of rotatable bonds is 10. The zero-order valence-corrected chi connectivity index (χ0v) is 94.2. The molecule has 10 bridgehead atoms. The highest BCUT2D eigenvalue weighted by Gasteiger charge is 2.83. The van der Waals surface area contributed by atoms with E-state index in [1.54, 1.807) is 30.3 Å². The van der Waals surface area contributed by atoms with Crippen LogP contribution >= 0.6 is 0 Å². The minimum atomic E-state index is -3.11. The Kier molecular flexibility index (Phi) is 29.7. The number of carbonyl (C=O) groups is 1. The van der Waals surface area contributed by atoms with Gasteiger partial charge in [-0.05, 0) is 186 Å². The third kappa shape index (κ3) is 16.3. The number of nitrogens with zero attached hydrogens (tertiary/aromatic N) is 5. The fourth-order valence-corrected chi connectivity index (χ4v) is 35.7. The van der Waals surface area contributed by atoms with Gasteiger partial charge in [0.15, 0.2) is 69.4 Å². The van der Waals surface area contributed by atoms with Gasteiger partial charge in [-0.1, -0.05) is 44.7 Å². The Morgan fingerprint density at radius 2 is 0.500 bits per heavy atom. The Labute approximate surface area is 921 Å². The van der Waals surface area contributed by atoms with Crippen LogP contribution in [0.15, 0.2) is 60.7 Å². The summed E-state index contributed by atoms with van der Waals surface area (Å²) in [7, 11) is 2.35. The van der Waals surface area contributed by atoms with Crippen LogP contribution in [0.2, 0.25) is 0 Å². The number of aliphatic hydroxyl groups is 8. The summed E-state index contributed by atoms with van der Waals surface area (Å²) in [4.78, 5) is 12.8. The van der Waals surface area contributed by atoms with Crippen molar-refractivity contribution in [3.8, 4) is 57.5 Å². The Morgan fingerprint density at radius 1 is 0.297 bits per heavy atom. The van der Waals surface area contributed by atoms with Gasteiger partial charge >= 0.3 is 31.8 Å². The highest BCUT2D eigenvalue weighted by atomic mass is 79.9. The first-order chi connectivity index (χ1) is 67.1. The maximum Gasteiger partial charge on any atom is 0.425 e. The van der Waals surface area contributed by atoms with Crippen molar-refractivity contribution >= 4 is 37.6 Å². The Morgan fingerprint density at radius 3 is 0.743 bits per heavy atom.